The summed E-state index contributed by atoms with van der Waals surface area (Å²) in [6.45, 7) is 6.33. The predicted molar refractivity (Wildman–Crippen MR) is 98.2 cm³/mol. The van der Waals surface area contributed by atoms with Crippen LogP contribution in [-0.4, -0.2) is 32.6 Å². The Labute approximate surface area is 154 Å². The second-order valence-electron chi connectivity index (χ2n) is 7.09. The summed E-state index contributed by atoms with van der Waals surface area (Å²) in [6, 6.07) is 6.69. The third-order valence-corrected chi connectivity index (χ3v) is 5.32. The van der Waals surface area contributed by atoms with Gasteiger partial charge in [-0.2, -0.15) is 0 Å². The average Bonchev–Trinajstić information content (AvgIpc) is 3.10. The molecule has 1 aromatic heterocycles. The molecular weight excluding hydrogens is 354 g/mol. The summed E-state index contributed by atoms with van der Waals surface area (Å²) in [7, 11) is -3.72. The van der Waals surface area contributed by atoms with Crippen LogP contribution in [0.25, 0.3) is 0 Å². The Bertz CT molecular complexity index is 807. The molecular formula is C18H25N3O4S. The minimum atomic E-state index is -3.72. The maximum atomic E-state index is 12.3. The van der Waals surface area contributed by atoms with Crippen LogP contribution in [0.1, 0.15) is 38.3 Å². The number of hydrogen-bond acceptors (Lipinski definition) is 5. The van der Waals surface area contributed by atoms with E-state index in [0.29, 0.717) is 13.0 Å². The van der Waals surface area contributed by atoms with Crippen molar-refractivity contribution < 1.29 is 17.7 Å². The summed E-state index contributed by atoms with van der Waals surface area (Å²) in [4.78, 5) is 11.9. The number of nitrogens with one attached hydrogen (secondary N) is 2. The van der Waals surface area contributed by atoms with Crippen molar-refractivity contribution in [3.8, 4) is 0 Å². The largest absolute Gasteiger partial charge is 0.364 e. The van der Waals surface area contributed by atoms with Crippen molar-refractivity contribution in [3.63, 3.8) is 0 Å². The molecule has 0 unspecified atom stereocenters. The normalized spacial score (nSPS) is 12.1. The topological polar surface area (TPSA) is 101 Å². The Kier molecular flexibility index (Phi) is 6.55. The first-order valence-corrected chi connectivity index (χ1v) is 9.92. The summed E-state index contributed by atoms with van der Waals surface area (Å²) in [6.07, 6.45) is 4.63. The number of carbonyl (C=O) groups is 1. The fraction of sp³-hybridized carbons (Fsp3) is 0.444. The van der Waals surface area contributed by atoms with Crippen LogP contribution in [0.2, 0.25) is 0 Å². The molecule has 0 saturated heterocycles. The smallest absolute Gasteiger partial charge is 0.241 e. The fourth-order valence-corrected chi connectivity index (χ4v) is 3.29. The van der Waals surface area contributed by atoms with Crippen LogP contribution in [0, 0.1) is 0 Å². The number of rotatable bonds is 8. The molecule has 1 aromatic carbocycles. The number of nitrogens with zero attached hydrogens (tertiary/aromatic N) is 1. The molecule has 0 bridgehead atoms. The molecule has 1 amide bonds. The van der Waals surface area contributed by atoms with E-state index in [0.717, 1.165) is 17.5 Å². The highest BCUT2D eigenvalue weighted by molar-refractivity contribution is 7.89. The molecule has 26 heavy (non-hydrogen) atoms. The Balaban J connectivity index is 1.78. The number of carbonyl (C=O) groups excluding carboxylic acids is 1. The summed E-state index contributed by atoms with van der Waals surface area (Å²) in [5, 5.41) is 6.28. The van der Waals surface area contributed by atoms with E-state index in [1.165, 1.54) is 0 Å². The van der Waals surface area contributed by atoms with Crippen molar-refractivity contribution >= 4 is 15.9 Å². The van der Waals surface area contributed by atoms with Gasteiger partial charge in [0.2, 0.25) is 15.9 Å². The molecule has 0 fully saturated rings. The molecule has 0 aliphatic rings. The summed E-state index contributed by atoms with van der Waals surface area (Å²) >= 11 is 0. The molecule has 1 heterocycles. The number of benzene rings is 1. The van der Waals surface area contributed by atoms with E-state index in [1.54, 1.807) is 36.7 Å². The molecule has 0 aliphatic carbocycles. The van der Waals surface area contributed by atoms with Gasteiger partial charge in [-0.15, -0.1) is 0 Å². The van der Waals surface area contributed by atoms with Crippen molar-refractivity contribution in [1.82, 2.24) is 15.2 Å². The zero-order valence-electron chi connectivity index (χ0n) is 15.3. The van der Waals surface area contributed by atoms with E-state index < -0.39 is 10.0 Å². The van der Waals surface area contributed by atoms with Crippen molar-refractivity contribution in [2.75, 3.05) is 13.1 Å². The first-order chi connectivity index (χ1) is 12.2. The lowest BCUT2D eigenvalue weighted by molar-refractivity contribution is -0.119. The van der Waals surface area contributed by atoms with Crippen LogP contribution in [0.5, 0.6) is 0 Å². The van der Waals surface area contributed by atoms with E-state index in [-0.39, 0.29) is 22.8 Å². The molecule has 0 atom stereocenters. The standard InChI is InChI=1S/C18H25N3O4S/c1-18(2,3)15-6-8-16(9-7-15)26(23,24)21-12-17(22)19-10-4-5-14-11-20-25-13-14/h6-9,11,13,21H,4-5,10,12H2,1-3H3,(H,19,22). The van der Waals surface area contributed by atoms with Crippen molar-refractivity contribution in [2.45, 2.75) is 43.9 Å². The summed E-state index contributed by atoms with van der Waals surface area (Å²) in [5.41, 5.74) is 1.95. The van der Waals surface area contributed by atoms with Crippen LogP contribution >= 0.6 is 0 Å². The van der Waals surface area contributed by atoms with Gasteiger partial charge >= 0.3 is 0 Å². The van der Waals surface area contributed by atoms with Gasteiger partial charge in [-0.05, 0) is 36.0 Å². The molecule has 0 radical (unpaired) electrons. The highest BCUT2D eigenvalue weighted by Gasteiger charge is 2.18. The number of sulfonamides is 1. The van der Waals surface area contributed by atoms with E-state index in [2.05, 4.69) is 36.0 Å². The van der Waals surface area contributed by atoms with E-state index in [1.807, 2.05) is 0 Å². The molecule has 7 nitrogen and oxygen atoms in total. The molecule has 2 rings (SSSR count). The SMILES string of the molecule is CC(C)(C)c1ccc(S(=O)(=O)NCC(=O)NCCCc2cnoc2)cc1. The molecule has 2 N–H and O–H groups in total. The third kappa shape index (κ3) is 5.96. The zero-order valence-corrected chi connectivity index (χ0v) is 16.1. The van der Waals surface area contributed by atoms with Crippen LogP contribution in [0.4, 0.5) is 0 Å². The lowest BCUT2D eigenvalue weighted by Gasteiger charge is -2.19. The van der Waals surface area contributed by atoms with E-state index in [4.69, 9.17) is 4.52 Å². The van der Waals surface area contributed by atoms with Gasteiger partial charge in [-0.3, -0.25) is 4.79 Å². The Morgan fingerprint density at radius 2 is 1.88 bits per heavy atom. The summed E-state index contributed by atoms with van der Waals surface area (Å²) < 4.78 is 31.6. The molecule has 0 saturated carbocycles. The maximum absolute atomic E-state index is 12.3. The van der Waals surface area contributed by atoms with Gasteiger partial charge in [0, 0.05) is 12.1 Å². The second-order valence-corrected chi connectivity index (χ2v) is 8.85. The van der Waals surface area contributed by atoms with Gasteiger partial charge in [0.05, 0.1) is 17.6 Å². The average molecular weight is 379 g/mol. The Hall–Kier alpha value is -2.19. The van der Waals surface area contributed by atoms with Gasteiger partial charge < -0.3 is 9.84 Å². The number of amides is 1. The lowest BCUT2D eigenvalue weighted by atomic mass is 9.87. The molecule has 8 heteroatoms. The Morgan fingerprint density at radius 1 is 1.19 bits per heavy atom. The number of aryl methyl sites for hydroxylation is 1. The van der Waals surface area contributed by atoms with Gasteiger partial charge in [0.1, 0.15) is 6.26 Å². The third-order valence-electron chi connectivity index (χ3n) is 3.90. The van der Waals surface area contributed by atoms with Gasteiger partial charge in [0.25, 0.3) is 0 Å². The van der Waals surface area contributed by atoms with Crippen LogP contribution in [-0.2, 0) is 26.7 Å². The number of hydrogen-bond donors (Lipinski definition) is 2. The van der Waals surface area contributed by atoms with E-state index >= 15 is 0 Å². The van der Waals surface area contributed by atoms with Crippen molar-refractivity contribution in [3.05, 3.63) is 47.9 Å². The molecule has 2 aromatic rings. The van der Waals surface area contributed by atoms with Gasteiger partial charge in [-0.25, -0.2) is 13.1 Å². The van der Waals surface area contributed by atoms with Crippen LogP contribution in [0.15, 0.2) is 46.1 Å². The van der Waals surface area contributed by atoms with E-state index in [9.17, 15) is 13.2 Å². The highest BCUT2D eigenvalue weighted by atomic mass is 32.2. The minimum Gasteiger partial charge on any atom is -0.364 e. The zero-order chi connectivity index (χ0) is 19.2. The lowest BCUT2D eigenvalue weighted by Crippen LogP contribution is -2.37. The predicted octanol–water partition coefficient (Wildman–Crippen LogP) is 2.00. The van der Waals surface area contributed by atoms with Crippen LogP contribution < -0.4 is 10.0 Å². The summed E-state index contributed by atoms with van der Waals surface area (Å²) in [5.74, 6) is -0.370. The first kappa shape index (κ1) is 20.1. The van der Waals surface area contributed by atoms with Crippen molar-refractivity contribution in [1.29, 1.82) is 0 Å². The van der Waals surface area contributed by atoms with Crippen LogP contribution in [0.3, 0.4) is 0 Å². The minimum absolute atomic E-state index is 0.0534. The molecule has 0 aliphatic heterocycles. The second kappa shape index (κ2) is 8.46. The van der Waals surface area contributed by atoms with Gasteiger partial charge in [-0.1, -0.05) is 38.1 Å². The van der Waals surface area contributed by atoms with Crippen molar-refractivity contribution in [2.24, 2.45) is 0 Å². The first-order valence-electron chi connectivity index (χ1n) is 8.44. The quantitative estimate of drug-likeness (QED) is 0.683. The molecule has 0 spiro atoms. The fourth-order valence-electron chi connectivity index (χ4n) is 2.31. The van der Waals surface area contributed by atoms with Gasteiger partial charge in [0.15, 0.2) is 0 Å². The maximum Gasteiger partial charge on any atom is 0.241 e. The Morgan fingerprint density at radius 3 is 2.46 bits per heavy atom. The molecule has 142 valence electrons. The monoisotopic (exact) mass is 379 g/mol. The highest BCUT2D eigenvalue weighted by Crippen LogP contribution is 2.23. The number of aromatic nitrogens is 1.